The van der Waals surface area contributed by atoms with Crippen LogP contribution < -0.4 is 5.32 Å². The number of halogens is 4. The number of hydrogen-bond donors (Lipinski definition) is 1. The number of nitrogens with one attached hydrogen (secondary N) is 1. The normalized spacial score (nSPS) is 14.7. The van der Waals surface area contributed by atoms with Gasteiger partial charge in [0, 0.05) is 25.0 Å². The number of pyridine rings is 1. The fourth-order valence-corrected chi connectivity index (χ4v) is 3.43. The molecule has 3 rings (SSSR count). The zero-order valence-corrected chi connectivity index (χ0v) is 16.6. The van der Waals surface area contributed by atoms with Gasteiger partial charge >= 0.3 is 6.18 Å². The minimum Gasteiger partial charge on any atom is -0.325 e. The summed E-state index contributed by atoms with van der Waals surface area (Å²) >= 11 is 6.29. The van der Waals surface area contributed by atoms with E-state index >= 15 is 0 Å². The number of alkyl halides is 3. The van der Waals surface area contributed by atoms with Crippen LogP contribution in [0, 0.1) is 11.3 Å². The third-order valence-electron chi connectivity index (χ3n) is 4.64. The zero-order chi connectivity index (χ0) is 21.7. The molecule has 1 amide bonds. The summed E-state index contributed by atoms with van der Waals surface area (Å²) in [7, 11) is 0. The molecule has 0 saturated heterocycles. The molecule has 0 fully saturated rings. The Labute approximate surface area is 176 Å². The van der Waals surface area contributed by atoms with Crippen LogP contribution in [0.3, 0.4) is 0 Å². The van der Waals surface area contributed by atoms with Crippen LogP contribution in [0.15, 0.2) is 42.6 Å². The second-order valence-corrected chi connectivity index (χ2v) is 7.25. The van der Waals surface area contributed by atoms with Crippen LogP contribution in [-0.4, -0.2) is 35.4 Å². The first-order chi connectivity index (χ1) is 14.3. The maximum absolute atomic E-state index is 12.6. The molecule has 1 N–H and O–H groups in total. The van der Waals surface area contributed by atoms with E-state index in [4.69, 9.17) is 16.9 Å². The fraction of sp³-hybridized carbons (Fsp3) is 0.286. The number of hydrogen-bond acceptors (Lipinski definition) is 4. The third kappa shape index (κ3) is 5.59. The summed E-state index contributed by atoms with van der Waals surface area (Å²) in [6.45, 7) is 1.25. The number of benzene rings is 1. The minimum absolute atomic E-state index is 0.118. The molecular weight excluding hydrogens is 417 g/mol. The average Bonchev–Trinajstić information content (AvgIpc) is 2.69. The monoisotopic (exact) mass is 434 g/mol. The average molecular weight is 435 g/mol. The van der Waals surface area contributed by atoms with Gasteiger partial charge in [0.15, 0.2) is 0 Å². The van der Waals surface area contributed by atoms with Gasteiger partial charge < -0.3 is 5.32 Å². The molecule has 1 aliphatic heterocycles. The molecular formula is C21H18ClF3N4O. The molecule has 1 aromatic heterocycles. The SMILES string of the molecule is N#CCc1cnc(C2=CCN(CC(=O)Nc3ccc(C(F)(F)F)cc3)CC2)c(Cl)c1. The van der Waals surface area contributed by atoms with E-state index in [0.29, 0.717) is 35.9 Å². The Morgan fingerprint density at radius 3 is 2.60 bits per heavy atom. The second-order valence-electron chi connectivity index (χ2n) is 6.85. The molecule has 0 saturated carbocycles. The summed E-state index contributed by atoms with van der Waals surface area (Å²) in [6, 6.07) is 8.13. The summed E-state index contributed by atoms with van der Waals surface area (Å²) < 4.78 is 37.8. The van der Waals surface area contributed by atoms with E-state index in [0.717, 1.165) is 23.3 Å². The van der Waals surface area contributed by atoms with Crippen LogP contribution in [0.5, 0.6) is 0 Å². The van der Waals surface area contributed by atoms with Gasteiger partial charge in [-0.05, 0) is 47.9 Å². The number of rotatable bonds is 5. The highest BCUT2D eigenvalue weighted by Gasteiger charge is 2.30. The lowest BCUT2D eigenvalue weighted by atomic mass is 10.0. The van der Waals surface area contributed by atoms with Crippen molar-refractivity contribution < 1.29 is 18.0 Å². The van der Waals surface area contributed by atoms with Gasteiger partial charge in [0.2, 0.25) is 5.91 Å². The Bertz CT molecular complexity index is 997. The van der Waals surface area contributed by atoms with Crippen molar-refractivity contribution in [2.45, 2.75) is 19.0 Å². The van der Waals surface area contributed by atoms with E-state index in [1.54, 1.807) is 12.3 Å². The van der Waals surface area contributed by atoms with Gasteiger partial charge in [-0.15, -0.1) is 0 Å². The van der Waals surface area contributed by atoms with E-state index in [2.05, 4.69) is 16.4 Å². The number of aromatic nitrogens is 1. The van der Waals surface area contributed by atoms with Crippen molar-refractivity contribution in [3.8, 4) is 6.07 Å². The highest BCUT2D eigenvalue weighted by atomic mass is 35.5. The first kappa shape index (κ1) is 21.8. The third-order valence-corrected chi connectivity index (χ3v) is 4.93. The molecule has 2 heterocycles. The molecule has 156 valence electrons. The van der Waals surface area contributed by atoms with E-state index in [9.17, 15) is 18.0 Å². The molecule has 1 aliphatic rings. The van der Waals surface area contributed by atoms with Crippen molar-refractivity contribution in [2.24, 2.45) is 0 Å². The van der Waals surface area contributed by atoms with Crippen molar-refractivity contribution in [2.75, 3.05) is 25.0 Å². The quantitative estimate of drug-likeness (QED) is 0.749. The molecule has 9 heteroatoms. The van der Waals surface area contributed by atoms with Crippen LogP contribution in [-0.2, 0) is 17.4 Å². The van der Waals surface area contributed by atoms with Gasteiger partial charge in [-0.2, -0.15) is 18.4 Å². The molecule has 0 radical (unpaired) electrons. The van der Waals surface area contributed by atoms with Crippen LogP contribution in [0.2, 0.25) is 5.02 Å². The molecule has 1 aromatic carbocycles. The molecule has 5 nitrogen and oxygen atoms in total. The molecule has 0 bridgehead atoms. The second kappa shape index (κ2) is 9.28. The Balaban J connectivity index is 1.55. The highest BCUT2D eigenvalue weighted by molar-refractivity contribution is 6.32. The largest absolute Gasteiger partial charge is 0.416 e. The zero-order valence-electron chi connectivity index (χ0n) is 15.8. The Hall–Kier alpha value is -2.89. The first-order valence-electron chi connectivity index (χ1n) is 9.16. The van der Waals surface area contributed by atoms with Crippen LogP contribution >= 0.6 is 11.6 Å². The van der Waals surface area contributed by atoms with Gasteiger partial charge in [0.1, 0.15) is 0 Å². The van der Waals surface area contributed by atoms with Gasteiger partial charge in [-0.3, -0.25) is 14.7 Å². The molecule has 2 aromatic rings. The summed E-state index contributed by atoms with van der Waals surface area (Å²) in [6.07, 6.45) is 0.0716. The smallest absolute Gasteiger partial charge is 0.325 e. The van der Waals surface area contributed by atoms with Crippen molar-refractivity contribution in [3.05, 3.63) is 64.4 Å². The summed E-state index contributed by atoms with van der Waals surface area (Å²) in [5.74, 6) is -0.302. The van der Waals surface area contributed by atoms with Gasteiger partial charge in [-0.1, -0.05) is 17.7 Å². The van der Waals surface area contributed by atoms with E-state index in [1.807, 2.05) is 11.0 Å². The Morgan fingerprint density at radius 2 is 2.03 bits per heavy atom. The number of amides is 1. The summed E-state index contributed by atoms with van der Waals surface area (Å²) in [4.78, 5) is 18.5. The maximum Gasteiger partial charge on any atom is 0.416 e. The Morgan fingerprint density at radius 1 is 1.30 bits per heavy atom. The minimum atomic E-state index is -4.41. The summed E-state index contributed by atoms with van der Waals surface area (Å²) in [5.41, 5.74) is 1.95. The maximum atomic E-state index is 12.6. The van der Waals surface area contributed by atoms with Crippen LogP contribution in [0.25, 0.3) is 5.57 Å². The molecule has 0 atom stereocenters. The van der Waals surface area contributed by atoms with Gasteiger partial charge in [0.05, 0.1) is 35.3 Å². The van der Waals surface area contributed by atoms with Crippen LogP contribution in [0.4, 0.5) is 18.9 Å². The highest BCUT2D eigenvalue weighted by Crippen LogP contribution is 2.30. The number of carbonyl (C=O) groups excluding carboxylic acids is 1. The summed E-state index contributed by atoms with van der Waals surface area (Å²) in [5, 5.41) is 11.8. The molecule has 0 unspecified atom stereocenters. The number of nitriles is 1. The lowest BCUT2D eigenvalue weighted by Crippen LogP contribution is -2.36. The predicted octanol–water partition coefficient (Wildman–Crippen LogP) is 4.55. The number of nitrogens with zero attached hydrogens (tertiary/aromatic N) is 3. The van der Waals surface area contributed by atoms with E-state index in [1.165, 1.54) is 12.1 Å². The molecule has 0 aliphatic carbocycles. The standard InChI is InChI=1S/C21H18ClF3N4O/c22-18-11-14(5-8-26)12-27-20(18)15-6-9-29(10-7-15)13-19(30)28-17-3-1-16(2-4-17)21(23,24)25/h1-4,6,11-12H,5,7,9-10,13H2,(H,28,30). The lowest BCUT2D eigenvalue weighted by Gasteiger charge is -2.25. The van der Waals surface area contributed by atoms with Crippen molar-refractivity contribution in [1.29, 1.82) is 5.26 Å². The fourth-order valence-electron chi connectivity index (χ4n) is 3.12. The molecule has 0 spiro atoms. The van der Waals surface area contributed by atoms with Gasteiger partial charge in [0.25, 0.3) is 0 Å². The first-order valence-corrected chi connectivity index (χ1v) is 9.54. The number of anilines is 1. The topological polar surface area (TPSA) is 69.0 Å². The number of carbonyl (C=O) groups is 1. The lowest BCUT2D eigenvalue weighted by molar-refractivity contribution is -0.137. The van der Waals surface area contributed by atoms with Crippen molar-refractivity contribution in [3.63, 3.8) is 0 Å². The van der Waals surface area contributed by atoms with Crippen molar-refractivity contribution >= 4 is 28.8 Å². The molecule has 30 heavy (non-hydrogen) atoms. The Kier molecular flexibility index (Phi) is 6.75. The van der Waals surface area contributed by atoms with Gasteiger partial charge in [-0.25, -0.2) is 0 Å². The van der Waals surface area contributed by atoms with Crippen LogP contribution in [0.1, 0.15) is 23.2 Å². The predicted molar refractivity (Wildman–Crippen MR) is 108 cm³/mol. The van der Waals surface area contributed by atoms with E-state index in [-0.39, 0.29) is 18.9 Å². The van der Waals surface area contributed by atoms with E-state index < -0.39 is 11.7 Å². The van der Waals surface area contributed by atoms with Crippen molar-refractivity contribution in [1.82, 2.24) is 9.88 Å².